The zero-order valence-electron chi connectivity index (χ0n) is 16.2. The number of nitrogens with zero attached hydrogens (tertiary/aromatic N) is 1. The van der Waals surface area contributed by atoms with Crippen molar-refractivity contribution in [1.82, 2.24) is 4.57 Å². The number of benzene rings is 1. The van der Waals surface area contributed by atoms with Gasteiger partial charge in [0, 0.05) is 30.1 Å². The van der Waals surface area contributed by atoms with Crippen LogP contribution in [0.4, 0.5) is 0 Å². The van der Waals surface area contributed by atoms with Crippen LogP contribution in [0.1, 0.15) is 45.1 Å². The van der Waals surface area contributed by atoms with Crippen molar-refractivity contribution in [2.24, 2.45) is 0 Å². The van der Waals surface area contributed by atoms with E-state index >= 15 is 0 Å². The number of esters is 1. The van der Waals surface area contributed by atoms with Crippen LogP contribution < -0.4 is 4.74 Å². The molecule has 1 atom stereocenters. The molecule has 1 aromatic carbocycles. The van der Waals surface area contributed by atoms with Crippen molar-refractivity contribution in [3.05, 3.63) is 46.8 Å². The summed E-state index contributed by atoms with van der Waals surface area (Å²) in [6.07, 6.45) is 0. The van der Waals surface area contributed by atoms with Gasteiger partial charge in [0.1, 0.15) is 17.1 Å². The average molecular weight is 375 g/mol. The van der Waals surface area contributed by atoms with Gasteiger partial charge in [0.05, 0.1) is 19.8 Å². The van der Waals surface area contributed by atoms with E-state index in [0.29, 0.717) is 17.9 Å². The van der Waals surface area contributed by atoms with Crippen LogP contribution in [-0.4, -0.2) is 48.9 Å². The lowest BCUT2D eigenvalue weighted by atomic mass is 10.1. The quantitative estimate of drug-likeness (QED) is 0.564. The van der Waals surface area contributed by atoms with Crippen LogP contribution in [0.3, 0.4) is 0 Å². The van der Waals surface area contributed by atoms with Crippen molar-refractivity contribution < 1.29 is 28.9 Å². The van der Waals surface area contributed by atoms with Gasteiger partial charge in [-0.15, -0.1) is 0 Å². The Bertz CT molecular complexity index is 839. The Morgan fingerprint density at radius 2 is 1.85 bits per heavy atom. The van der Waals surface area contributed by atoms with Crippen LogP contribution in [0.15, 0.2) is 24.3 Å². The summed E-state index contributed by atoms with van der Waals surface area (Å²) in [5.74, 6) is -0.929. The summed E-state index contributed by atoms with van der Waals surface area (Å²) in [5.41, 5.74) is 2.20. The Hall–Kier alpha value is -2.80. The minimum absolute atomic E-state index is 0.0252. The van der Waals surface area contributed by atoms with Gasteiger partial charge >= 0.3 is 5.97 Å². The highest BCUT2D eigenvalue weighted by molar-refractivity contribution is 6.01. The van der Waals surface area contributed by atoms with E-state index in [2.05, 4.69) is 0 Å². The molecule has 0 saturated heterocycles. The van der Waals surface area contributed by atoms with Crippen molar-refractivity contribution in [2.75, 3.05) is 27.4 Å². The van der Waals surface area contributed by atoms with Gasteiger partial charge in [-0.05, 0) is 39.0 Å². The van der Waals surface area contributed by atoms with E-state index in [9.17, 15) is 14.7 Å². The first kappa shape index (κ1) is 20.5. The fourth-order valence-corrected chi connectivity index (χ4v) is 3.15. The number of hydrogen-bond acceptors (Lipinski definition) is 6. The first-order valence-electron chi connectivity index (χ1n) is 8.54. The van der Waals surface area contributed by atoms with Crippen LogP contribution in [0, 0.1) is 13.8 Å². The van der Waals surface area contributed by atoms with Crippen molar-refractivity contribution in [2.45, 2.75) is 26.8 Å². The number of aromatic hydroxyl groups is 1. The maximum Gasteiger partial charge on any atom is 0.342 e. The fourth-order valence-electron chi connectivity index (χ4n) is 3.15. The lowest BCUT2D eigenvalue weighted by molar-refractivity contribution is 0.0471. The van der Waals surface area contributed by atoms with Gasteiger partial charge in [-0.25, -0.2) is 4.79 Å². The maximum atomic E-state index is 12.5. The number of hydrogen-bond donors (Lipinski definition) is 1. The van der Waals surface area contributed by atoms with E-state index in [0.717, 1.165) is 11.4 Å². The van der Waals surface area contributed by atoms with E-state index in [1.54, 1.807) is 13.2 Å². The third-order valence-corrected chi connectivity index (χ3v) is 4.39. The zero-order chi connectivity index (χ0) is 20.1. The smallest absolute Gasteiger partial charge is 0.342 e. The minimum atomic E-state index is -0.773. The van der Waals surface area contributed by atoms with E-state index in [4.69, 9.17) is 14.2 Å². The highest BCUT2D eigenvalue weighted by Crippen LogP contribution is 2.25. The molecule has 0 aliphatic heterocycles. The third-order valence-electron chi connectivity index (χ3n) is 4.39. The highest BCUT2D eigenvalue weighted by atomic mass is 16.5. The molecule has 1 aromatic heterocycles. The Labute approximate surface area is 158 Å². The molecule has 1 N–H and O–H groups in total. The molecule has 0 saturated carbocycles. The second kappa shape index (κ2) is 8.73. The predicted molar refractivity (Wildman–Crippen MR) is 99.8 cm³/mol. The van der Waals surface area contributed by atoms with Crippen LogP contribution >= 0.6 is 0 Å². The average Bonchev–Trinajstić information content (AvgIpc) is 2.93. The van der Waals surface area contributed by atoms with Gasteiger partial charge in [0.2, 0.25) is 5.78 Å². The SMILES string of the molecule is COC[C@H](C)n1c(C)cc(C(=O)COC(=O)c2ccc(OC)cc2O)c1C. The molecule has 0 aliphatic rings. The Morgan fingerprint density at radius 1 is 1.15 bits per heavy atom. The summed E-state index contributed by atoms with van der Waals surface area (Å²) in [6, 6.07) is 6.09. The van der Waals surface area contributed by atoms with Crippen molar-refractivity contribution >= 4 is 11.8 Å². The normalized spacial score (nSPS) is 11.9. The first-order valence-corrected chi connectivity index (χ1v) is 8.54. The molecule has 1 heterocycles. The number of methoxy groups -OCH3 is 2. The molecule has 27 heavy (non-hydrogen) atoms. The van der Waals surface area contributed by atoms with E-state index < -0.39 is 12.6 Å². The van der Waals surface area contributed by atoms with Crippen molar-refractivity contribution in [3.8, 4) is 11.5 Å². The van der Waals surface area contributed by atoms with Gasteiger partial charge in [-0.3, -0.25) is 4.79 Å². The van der Waals surface area contributed by atoms with E-state index in [-0.39, 0.29) is 23.1 Å². The summed E-state index contributed by atoms with van der Waals surface area (Å²) >= 11 is 0. The molecule has 146 valence electrons. The number of phenolic OH excluding ortho intramolecular Hbond substituents is 1. The Morgan fingerprint density at radius 3 is 2.44 bits per heavy atom. The molecule has 2 rings (SSSR count). The third kappa shape index (κ3) is 4.49. The monoisotopic (exact) mass is 375 g/mol. The molecule has 7 heteroatoms. The van der Waals surface area contributed by atoms with Crippen LogP contribution in [-0.2, 0) is 9.47 Å². The number of Topliss-reactive ketones (excluding diaryl/α,β-unsaturated/α-hetero) is 1. The molecule has 0 amide bonds. The lowest BCUT2D eigenvalue weighted by Crippen LogP contribution is -2.17. The standard InChI is InChI=1S/C20H25NO6/c1-12-8-17(14(3)21(12)13(2)10-25-4)19(23)11-27-20(24)16-7-6-15(26-5)9-18(16)22/h6-9,13,22H,10-11H2,1-5H3/t13-/m0/s1. The second-order valence-corrected chi connectivity index (χ2v) is 6.34. The van der Waals surface area contributed by atoms with Gasteiger partial charge in [-0.1, -0.05) is 0 Å². The lowest BCUT2D eigenvalue weighted by Gasteiger charge is -2.17. The molecule has 0 unspecified atom stereocenters. The van der Waals surface area contributed by atoms with Gasteiger partial charge < -0.3 is 23.9 Å². The second-order valence-electron chi connectivity index (χ2n) is 6.34. The van der Waals surface area contributed by atoms with Crippen molar-refractivity contribution in [1.29, 1.82) is 0 Å². The summed E-state index contributed by atoms with van der Waals surface area (Å²) in [7, 11) is 3.08. The molecule has 2 aromatic rings. The molecule has 7 nitrogen and oxygen atoms in total. The van der Waals surface area contributed by atoms with Crippen LogP contribution in [0.5, 0.6) is 11.5 Å². The summed E-state index contributed by atoms with van der Waals surface area (Å²) < 4.78 is 17.3. The van der Waals surface area contributed by atoms with Gasteiger partial charge in [0.15, 0.2) is 6.61 Å². The molecule has 0 aliphatic carbocycles. The number of aryl methyl sites for hydroxylation is 1. The maximum absolute atomic E-state index is 12.5. The zero-order valence-corrected chi connectivity index (χ0v) is 16.2. The number of carbonyl (C=O) groups excluding carboxylic acids is 2. The molecule has 0 bridgehead atoms. The number of phenols is 1. The number of ether oxygens (including phenoxy) is 3. The number of ketones is 1. The first-order chi connectivity index (χ1) is 12.8. The molecule has 0 radical (unpaired) electrons. The van der Waals surface area contributed by atoms with Crippen LogP contribution in [0.25, 0.3) is 0 Å². The summed E-state index contributed by atoms with van der Waals surface area (Å²) in [6.45, 7) is 5.88. The topological polar surface area (TPSA) is 87.0 Å². The number of aromatic nitrogens is 1. The molecular formula is C20H25NO6. The highest BCUT2D eigenvalue weighted by Gasteiger charge is 2.21. The van der Waals surface area contributed by atoms with Crippen molar-refractivity contribution in [3.63, 3.8) is 0 Å². The minimum Gasteiger partial charge on any atom is -0.507 e. The van der Waals surface area contributed by atoms with E-state index in [1.165, 1.54) is 25.3 Å². The molecular weight excluding hydrogens is 350 g/mol. The van der Waals surface area contributed by atoms with Gasteiger partial charge in [0.25, 0.3) is 0 Å². The number of carbonyl (C=O) groups is 2. The summed E-state index contributed by atoms with van der Waals surface area (Å²) in [4.78, 5) is 24.7. The Balaban J connectivity index is 2.10. The van der Waals surface area contributed by atoms with Crippen LogP contribution in [0.2, 0.25) is 0 Å². The fraction of sp³-hybridized carbons (Fsp3) is 0.400. The number of rotatable bonds is 8. The van der Waals surface area contributed by atoms with E-state index in [1.807, 2.05) is 25.3 Å². The van der Waals surface area contributed by atoms with Gasteiger partial charge in [-0.2, -0.15) is 0 Å². The summed E-state index contributed by atoms with van der Waals surface area (Å²) in [5, 5.41) is 9.89. The molecule has 0 fully saturated rings. The largest absolute Gasteiger partial charge is 0.507 e. The molecule has 0 spiro atoms. The predicted octanol–water partition coefficient (Wildman–Crippen LogP) is 3.07. The Kier molecular flexibility index (Phi) is 6.63.